The van der Waals surface area contributed by atoms with Gasteiger partial charge in [0, 0.05) is 29.2 Å². The fourth-order valence-electron chi connectivity index (χ4n) is 3.35. The van der Waals surface area contributed by atoms with Gasteiger partial charge in [-0.3, -0.25) is 5.32 Å². The lowest BCUT2D eigenvalue weighted by atomic mass is 9.99. The Labute approximate surface area is 185 Å². The van der Waals surface area contributed by atoms with Crippen molar-refractivity contribution in [2.24, 2.45) is 0 Å². The van der Waals surface area contributed by atoms with Gasteiger partial charge in [-0.25, -0.2) is 19.3 Å². The van der Waals surface area contributed by atoms with Crippen molar-refractivity contribution >= 4 is 28.9 Å². The molecule has 0 spiro atoms. The summed E-state index contributed by atoms with van der Waals surface area (Å²) >= 11 is 0. The van der Waals surface area contributed by atoms with Crippen molar-refractivity contribution in [3.8, 4) is 11.1 Å². The predicted octanol–water partition coefficient (Wildman–Crippen LogP) is 4.09. The van der Waals surface area contributed by atoms with Gasteiger partial charge in [0.05, 0.1) is 11.7 Å². The zero-order valence-corrected chi connectivity index (χ0v) is 17.1. The summed E-state index contributed by atoms with van der Waals surface area (Å²) in [5.41, 5.74) is 7.95. The van der Waals surface area contributed by atoms with Crippen LogP contribution in [0.3, 0.4) is 0 Å². The van der Waals surface area contributed by atoms with Crippen LogP contribution in [0.15, 0.2) is 55.1 Å². The van der Waals surface area contributed by atoms with Crippen molar-refractivity contribution in [3.05, 3.63) is 66.2 Å². The van der Waals surface area contributed by atoms with E-state index in [4.69, 9.17) is 5.73 Å². The molecule has 0 aliphatic rings. The number of nitrogens with zero attached hydrogens (tertiary/aromatic N) is 4. The number of carbonyl (C=O) groups excluding carboxylic acids is 1. The molecule has 0 aliphatic carbocycles. The zero-order chi connectivity index (χ0) is 23.8. The monoisotopic (exact) mass is 457 g/mol. The van der Waals surface area contributed by atoms with Crippen LogP contribution >= 0.6 is 0 Å². The van der Waals surface area contributed by atoms with Crippen LogP contribution in [0.4, 0.5) is 35.3 Å². The van der Waals surface area contributed by atoms with E-state index in [1.807, 2.05) is 0 Å². The summed E-state index contributed by atoms with van der Waals surface area (Å²) in [7, 11) is 0. The number of halogens is 3. The normalized spacial score (nSPS) is 12.5. The van der Waals surface area contributed by atoms with E-state index >= 15 is 0 Å². The molecular formula is C21H18F3N7O2. The molecule has 2 amide bonds. The first kappa shape index (κ1) is 22.0. The molecule has 12 heteroatoms. The highest BCUT2D eigenvalue weighted by molar-refractivity contribution is 5.99. The van der Waals surface area contributed by atoms with Gasteiger partial charge < -0.3 is 16.2 Å². The highest BCUT2D eigenvalue weighted by atomic mass is 19.4. The summed E-state index contributed by atoms with van der Waals surface area (Å²) < 4.78 is 40.0. The molecule has 9 nitrogen and oxygen atoms in total. The average Bonchev–Trinajstić information content (AvgIpc) is 3.15. The van der Waals surface area contributed by atoms with E-state index in [-0.39, 0.29) is 11.6 Å². The summed E-state index contributed by atoms with van der Waals surface area (Å²) in [6.07, 6.45) is -1.42. The van der Waals surface area contributed by atoms with E-state index in [0.717, 1.165) is 18.3 Å². The number of aliphatic hydroxyl groups excluding tert-OH is 1. The van der Waals surface area contributed by atoms with Gasteiger partial charge in [-0.05, 0) is 36.8 Å². The van der Waals surface area contributed by atoms with E-state index in [2.05, 4.69) is 25.7 Å². The number of rotatable bonds is 4. The third-order valence-electron chi connectivity index (χ3n) is 4.84. The molecule has 170 valence electrons. The highest BCUT2D eigenvalue weighted by Gasteiger charge is 2.30. The average molecular weight is 457 g/mol. The van der Waals surface area contributed by atoms with Gasteiger partial charge in [0.25, 0.3) is 0 Å². The van der Waals surface area contributed by atoms with Gasteiger partial charge in [0.15, 0.2) is 5.82 Å². The molecule has 4 rings (SSSR count). The molecule has 5 N–H and O–H groups in total. The van der Waals surface area contributed by atoms with Gasteiger partial charge in [0.1, 0.15) is 17.7 Å². The lowest BCUT2D eigenvalue weighted by molar-refractivity contribution is -0.137. The van der Waals surface area contributed by atoms with Gasteiger partial charge in [-0.15, -0.1) is 0 Å². The van der Waals surface area contributed by atoms with Crippen molar-refractivity contribution in [1.82, 2.24) is 19.6 Å². The molecule has 0 aliphatic heterocycles. The van der Waals surface area contributed by atoms with E-state index in [0.29, 0.717) is 27.9 Å². The van der Waals surface area contributed by atoms with Gasteiger partial charge in [-0.2, -0.15) is 18.3 Å². The number of aromatic nitrogens is 4. The Morgan fingerprint density at radius 3 is 2.55 bits per heavy atom. The van der Waals surface area contributed by atoms with E-state index in [9.17, 15) is 23.1 Å². The summed E-state index contributed by atoms with van der Waals surface area (Å²) in [4.78, 5) is 19.9. The number of hydrogen-bond acceptors (Lipinski definition) is 6. The maximum atomic E-state index is 12.8. The number of amides is 2. The lowest BCUT2D eigenvalue weighted by Gasteiger charge is -2.11. The molecular weight excluding hydrogens is 439 g/mol. The van der Waals surface area contributed by atoms with Crippen LogP contribution in [0.1, 0.15) is 24.2 Å². The minimum Gasteiger partial charge on any atom is -0.389 e. The van der Waals surface area contributed by atoms with Gasteiger partial charge in [-0.1, -0.05) is 12.1 Å². The second kappa shape index (κ2) is 8.39. The standard InChI is InChI=1S/C21H18F3N7O2/c1-11(32)15-9-31-18(19(25)27-10-28-31)17(15)12-2-4-14(5-3-12)29-20(33)30-16-8-13(6-7-26-16)21(22,23)24/h2-11,32H,1H3,(H2,25,27,28)(H2,26,29,30,33)/t11-/m1/s1. The van der Waals surface area contributed by atoms with Crippen LogP contribution in [0.5, 0.6) is 0 Å². The molecule has 3 aromatic heterocycles. The molecule has 0 unspecified atom stereocenters. The van der Waals surface area contributed by atoms with Crippen molar-refractivity contribution in [1.29, 1.82) is 0 Å². The van der Waals surface area contributed by atoms with Gasteiger partial charge in [0.2, 0.25) is 0 Å². The number of aliphatic hydroxyl groups is 1. The number of urea groups is 1. The maximum absolute atomic E-state index is 12.8. The Kier molecular flexibility index (Phi) is 5.60. The largest absolute Gasteiger partial charge is 0.416 e. The van der Waals surface area contributed by atoms with Crippen LogP contribution < -0.4 is 16.4 Å². The number of nitrogen functional groups attached to an aromatic ring is 1. The number of anilines is 3. The first-order valence-electron chi connectivity index (χ1n) is 9.65. The van der Waals surface area contributed by atoms with Crippen LogP contribution in [0.2, 0.25) is 0 Å². The van der Waals surface area contributed by atoms with Crippen LogP contribution in [-0.4, -0.2) is 30.7 Å². The fraction of sp³-hybridized carbons (Fsp3) is 0.143. The molecule has 33 heavy (non-hydrogen) atoms. The maximum Gasteiger partial charge on any atom is 0.416 e. The summed E-state index contributed by atoms with van der Waals surface area (Å²) in [6.45, 7) is 1.62. The van der Waals surface area contributed by atoms with Crippen LogP contribution in [-0.2, 0) is 6.18 Å². The first-order chi connectivity index (χ1) is 15.6. The van der Waals surface area contributed by atoms with Crippen molar-refractivity contribution in [2.75, 3.05) is 16.4 Å². The molecule has 4 aromatic rings. The third-order valence-corrected chi connectivity index (χ3v) is 4.84. The molecule has 3 heterocycles. The Hall–Kier alpha value is -4.19. The van der Waals surface area contributed by atoms with Crippen molar-refractivity contribution < 1.29 is 23.1 Å². The quantitative estimate of drug-likeness (QED) is 0.365. The third kappa shape index (κ3) is 4.55. The highest BCUT2D eigenvalue weighted by Crippen LogP contribution is 2.36. The van der Waals surface area contributed by atoms with Crippen LogP contribution in [0, 0.1) is 0 Å². The van der Waals surface area contributed by atoms with E-state index in [1.54, 1.807) is 37.4 Å². The Bertz CT molecular complexity index is 1320. The smallest absolute Gasteiger partial charge is 0.389 e. The molecule has 0 fully saturated rings. The molecule has 0 bridgehead atoms. The number of alkyl halides is 3. The second-order valence-corrected chi connectivity index (χ2v) is 7.16. The molecule has 0 saturated heterocycles. The topological polar surface area (TPSA) is 130 Å². The minimum absolute atomic E-state index is 0.238. The lowest BCUT2D eigenvalue weighted by Crippen LogP contribution is -2.20. The summed E-state index contributed by atoms with van der Waals surface area (Å²) in [6, 6.07) is 7.40. The van der Waals surface area contributed by atoms with Crippen molar-refractivity contribution in [3.63, 3.8) is 0 Å². The van der Waals surface area contributed by atoms with Crippen molar-refractivity contribution in [2.45, 2.75) is 19.2 Å². The molecule has 0 radical (unpaired) electrons. The number of nitrogens with two attached hydrogens (primary N) is 1. The SMILES string of the molecule is C[C@@H](O)c1cn2ncnc(N)c2c1-c1ccc(NC(=O)Nc2cc(C(F)(F)F)ccn2)cc1. The number of nitrogens with one attached hydrogen (secondary N) is 2. The van der Waals surface area contributed by atoms with E-state index in [1.165, 1.54) is 10.8 Å². The Morgan fingerprint density at radius 1 is 1.15 bits per heavy atom. The Balaban J connectivity index is 1.55. The number of fused-ring (bicyclic) bond motifs is 1. The molecule has 1 atom stereocenters. The number of carbonyl (C=O) groups is 1. The Morgan fingerprint density at radius 2 is 1.88 bits per heavy atom. The number of hydrogen-bond donors (Lipinski definition) is 4. The zero-order valence-electron chi connectivity index (χ0n) is 17.1. The molecule has 0 saturated carbocycles. The summed E-state index contributed by atoms with van der Waals surface area (Å²) in [5.74, 6) is -0.00153. The first-order valence-corrected chi connectivity index (χ1v) is 9.65. The fourth-order valence-corrected chi connectivity index (χ4v) is 3.35. The minimum atomic E-state index is -4.55. The van der Waals surface area contributed by atoms with Gasteiger partial charge >= 0.3 is 12.2 Å². The number of pyridine rings is 1. The second-order valence-electron chi connectivity index (χ2n) is 7.16. The van der Waals surface area contributed by atoms with E-state index < -0.39 is 23.9 Å². The van der Waals surface area contributed by atoms with Crippen LogP contribution in [0.25, 0.3) is 16.6 Å². The molecule has 1 aromatic carbocycles. The predicted molar refractivity (Wildman–Crippen MR) is 115 cm³/mol. The summed E-state index contributed by atoms with van der Waals surface area (Å²) in [5, 5.41) is 19.1. The number of benzene rings is 1.